The number of amides is 1. The highest BCUT2D eigenvalue weighted by Gasteiger charge is 2.43. The lowest BCUT2D eigenvalue weighted by atomic mass is 10.1. The average Bonchev–Trinajstić information content (AvgIpc) is 3.09. The fraction of sp³-hybridized carbons (Fsp3) is 0.200. The van der Waals surface area contributed by atoms with Gasteiger partial charge in [-0.25, -0.2) is 5.43 Å². The Balaban J connectivity index is 1.53. The van der Waals surface area contributed by atoms with E-state index in [1.807, 2.05) is 18.2 Å². The minimum Gasteiger partial charge on any atom is -0.463 e. The van der Waals surface area contributed by atoms with Gasteiger partial charge in [0.2, 0.25) is 5.91 Å². The summed E-state index contributed by atoms with van der Waals surface area (Å²) in [7, 11) is 0. The van der Waals surface area contributed by atoms with Crippen LogP contribution in [-0.2, 0) is 4.79 Å². The van der Waals surface area contributed by atoms with E-state index in [-0.39, 0.29) is 11.8 Å². The van der Waals surface area contributed by atoms with Crippen LogP contribution in [0.15, 0.2) is 58.2 Å². The zero-order chi connectivity index (χ0) is 13.1. The molecule has 4 nitrogen and oxygen atoms in total. The first kappa shape index (κ1) is 11.7. The Morgan fingerprint density at radius 3 is 2.84 bits per heavy atom. The lowest BCUT2D eigenvalue weighted by Gasteiger charge is -1.99. The van der Waals surface area contributed by atoms with Gasteiger partial charge < -0.3 is 4.42 Å². The van der Waals surface area contributed by atoms with E-state index in [2.05, 4.69) is 22.7 Å². The lowest BCUT2D eigenvalue weighted by molar-refractivity contribution is -0.122. The molecule has 1 fully saturated rings. The molecule has 1 saturated carbocycles. The van der Waals surface area contributed by atoms with Crippen LogP contribution in [0.3, 0.4) is 0 Å². The number of furan rings is 1. The highest BCUT2D eigenvalue weighted by Crippen LogP contribution is 2.47. The van der Waals surface area contributed by atoms with Crippen molar-refractivity contribution < 1.29 is 9.21 Å². The van der Waals surface area contributed by atoms with Crippen LogP contribution in [0.5, 0.6) is 0 Å². The molecule has 1 aromatic carbocycles. The molecule has 1 N–H and O–H groups in total. The number of hydrogen-bond acceptors (Lipinski definition) is 3. The molecule has 0 unspecified atom stereocenters. The maximum atomic E-state index is 11.9. The van der Waals surface area contributed by atoms with Crippen LogP contribution >= 0.6 is 0 Å². The number of carbonyl (C=O) groups is 1. The number of rotatable bonds is 4. The van der Waals surface area contributed by atoms with Gasteiger partial charge in [-0.05, 0) is 30.0 Å². The molecule has 0 bridgehead atoms. The predicted molar refractivity (Wildman–Crippen MR) is 71.7 cm³/mol. The van der Waals surface area contributed by atoms with Crippen LogP contribution in [-0.4, -0.2) is 12.1 Å². The van der Waals surface area contributed by atoms with Crippen LogP contribution in [0.1, 0.15) is 23.7 Å². The van der Waals surface area contributed by atoms with Crippen molar-refractivity contribution in [3.8, 4) is 0 Å². The lowest BCUT2D eigenvalue weighted by Crippen LogP contribution is -2.20. The van der Waals surface area contributed by atoms with Gasteiger partial charge in [-0.3, -0.25) is 4.79 Å². The van der Waals surface area contributed by atoms with Crippen molar-refractivity contribution in [2.45, 2.75) is 12.3 Å². The average molecular weight is 254 g/mol. The first-order valence-electron chi connectivity index (χ1n) is 6.26. The van der Waals surface area contributed by atoms with E-state index in [4.69, 9.17) is 4.42 Å². The van der Waals surface area contributed by atoms with Crippen molar-refractivity contribution in [2.75, 3.05) is 0 Å². The summed E-state index contributed by atoms with van der Waals surface area (Å²) in [6.07, 6.45) is 3.96. The minimum absolute atomic E-state index is 0.0309. The smallest absolute Gasteiger partial charge is 0.243 e. The van der Waals surface area contributed by atoms with Gasteiger partial charge in [-0.2, -0.15) is 5.10 Å². The number of hydrazone groups is 1. The maximum absolute atomic E-state index is 11.9. The van der Waals surface area contributed by atoms with E-state index in [0.29, 0.717) is 11.7 Å². The Labute approximate surface area is 111 Å². The Kier molecular flexibility index (Phi) is 3.14. The van der Waals surface area contributed by atoms with Crippen molar-refractivity contribution in [1.82, 2.24) is 5.43 Å². The molecule has 96 valence electrons. The highest BCUT2D eigenvalue weighted by molar-refractivity contribution is 5.84. The van der Waals surface area contributed by atoms with Crippen molar-refractivity contribution in [2.24, 2.45) is 11.0 Å². The molecule has 3 rings (SSSR count). The van der Waals surface area contributed by atoms with Gasteiger partial charge in [0.1, 0.15) is 5.76 Å². The van der Waals surface area contributed by atoms with Gasteiger partial charge >= 0.3 is 0 Å². The molecule has 0 saturated heterocycles. The summed E-state index contributed by atoms with van der Waals surface area (Å²) in [5, 5.41) is 3.88. The Hall–Kier alpha value is -2.36. The number of nitrogens with zero attached hydrogens (tertiary/aromatic N) is 1. The quantitative estimate of drug-likeness (QED) is 0.673. The van der Waals surface area contributed by atoms with Crippen LogP contribution in [0.4, 0.5) is 0 Å². The summed E-state index contributed by atoms with van der Waals surface area (Å²) in [6, 6.07) is 13.6. The fourth-order valence-corrected chi connectivity index (χ4v) is 2.16. The summed E-state index contributed by atoms with van der Waals surface area (Å²) in [5.41, 5.74) is 3.77. The van der Waals surface area contributed by atoms with Crippen molar-refractivity contribution in [3.05, 3.63) is 60.1 Å². The zero-order valence-corrected chi connectivity index (χ0v) is 10.3. The first-order chi connectivity index (χ1) is 9.34. The molecule has 0 radical (unpaired) electrons. The standard InChI is InChI=1S/C15H14N2O2/c18-15(17-16-10-12-7-4-8-19-12)14-9-13(14)11-5-2-1-3-6-11/h1-8,10,13-14H,9H2,(H,17,18)/t13-,14+/m1/s1. The number of benzene rings is 1. The van der Waals surface area contributed by atoms with Crippen molar-refractivity contribution in [3.63, 3.8) is 0 Å². The van der Waals surface area contributed by atoms with Gasteiger partial charge in [0.05, 0.1) is 12.5 Å². The normalized spacial score (nSPS) is 21.5. The molecule has 19 heavy (non-hydrogen) atoms. The second kappa shape index (κ2) is 5.10. The largest absolute Gasteiger partial charge is 0.463 e. The second-order valence-corrected chi connectivity index (χ2v) is 4.61. The van der Waals surface area contributed by atoms with E-state index < -0.39 is 0 Å². The molecule has 1 amide bonds. The summed E-state index contributed by atoms with van der Waals surface area (Å²) in [5.74, 6) is 0.962. The summed E-state index contributed by atoms with van der Waals surface area (Å²) < 4.78 is 5.08. The van der Waals surface area contributed by atoms with E-state index >= 15 is 0 Å². The third-order valence-electron chi connectivity index (χ3n) is 3.26. The molecular weight excluding hydrogens is 240 g/mol. The van der Waals surface area contributed by atoms with Gasteiger partial charge in [-0.15, -0.1) is 0 Å². The van der Waals surface area contributed by atoms with Crippen LogP contribution in [0, 0.1) is 5.92 Å². The van der Waals surface area contributed by atoms with Gasteiger partial charge in [0.15, 0.2) is 0 Å². The van der Waals surface area contributed by atoms with Crippen LogP contribution in [0.2, 0.25) is 0 Å². The topological polar surface area (TPSA) is 54.6 Å². The highest BCUT2D eigenvalue weighted by atomic mass is 16.3. The summed E-state index contributed by atoms with van der Waals surface area (Å²) >= 11 is 0. The second-order valence-electron chi connectivity index (χ2n) is 4.61. The molecule has 1 aliphatic rings. The van der Waals surface area contributed by atoms with Crippen molar-refractivity contribution >= 4 is 12.1 Å². The number of carbonyl (C=O) groups excluding carboxylic acids is 1. The molecular formula is C15H14N2O2. The zero-order valence-electron chi connectivity index (χ0n) is 10.3. The summed E-state index contributed by atoms with van der Waals surface area (Å²) in [4.78, 5) is 11.9. The molecule has 4 heteroatoms. The molecule has 1 heterocycles. The molecule has 2 aromatic rings. The molecule has 1 aromatic heterocycles. The fourth-order valence-electron chi connectivity index (χ4n) is 2.16. The number of nitrogens with one attached hydrogen (secondary N) is 1. The van der Waals surface area contributed by atoms with E-state index in [1.54, 1.807) is 18.4 Å². The van der Waals surface area contributed by atoms with Gasteiger partial charge in [0, 0.05) is 5.92 Å². The van der Waals surface area contributed by atoms with Crippen LogP contribution < -0.4 is 5.43 Å². The van der Waals surface area contributed by atoms with E-state index in [9.17, 15) is 4.79 Å². The predicted octanol–water partition coefficient (Wildman–Crippen LogP) is 2.53. The Morgan fingerprint density at radius 2 is 2.11 bits per heavy atom. The Bertz CT molecular complexity index is 575. The minimum atomic E-state index is -0.0309. The molecule has 0 spiro atoms. The van der Waals surface area contributed by atoms with Gasteiger partial charge in [0.25, 0.3) is 0 Å². The molecule has 2 atom stereocenters. The maximum Gasteiger partial charge on any atom is 0.243 e. The van der Waals surface area contributed by atoms with Crippen LogP contribution in [0.25, 0.3) is 0 Å². The molecule has 0 aliphatic heterocycles. The Morgan fingerprint density at radius 1 is 1.26 bits per heavy atom. The summed E-state index contributed by atoms with van der Waals surface area (Å²) in [6.45, 7) is 0. The number of hydrogen-bond donors (Lipinski definition) is 1. The third kappa shape index (κ3) is 2.73. The van der Waals surface area contributed by atoms with Gasteiger partial charge in [-0.1, -0.05) is 30.3 Å². The molecule has 1 aliphatic carbocycles. The SMILES string of the molecule is O=C(NN=Cc1ccco1)[C@H]1C[C@@H]1c1ccccc1. The monoisotopic (exact) mass is 254 g/mol. The first-order valence-corrected chi connectivity index (χ1v) is 6.26. The van der Waals surface area contributed by atoms with E-state index in [1.165, 1.54) is 11.8 Å². The van der Waals surface area contributed by atoms with Crippen molar-refractivity contribution in [1.29, 1.82) is 0 Å². The van der Waals surface area contributed by atoms with E-state index in [0.717, 1.165) is 6.42 Å². The third-order valence-corrected chi connectivity index (χ3v) is 3.26.